The minimum atomic E-state index is -4.62. The van der Waals surface area contributed by atoms with Crippen molar-refractivity contribution in [3.8, 4) is 5.75 Å². The number of benzene rings is 1. The largest absolute Gasteiger partial charge is 0.490 e. The van der Waals surface area contributed by atoms with Crippen molar-refractivity contribution < 1.29 is 27.0 Å². The van der Waals surface area contributed by atoms with Crippen LogP contribution in [0.3, 0.4) is 0 Å². The van der Waals surface area contributed by atoms with Gasteiger partial charge in [-0.3, -0.25) is 4.40 Å². The van der Waals surface area contributed by atoms with E-state index in [0.29, 0.717) is 25.7 Å². The maximum absolute atomic E-state index is 13.6. The van der Waals surface area contributed by atoms with E-state index in [4.69, 9.17) is 9.47 Å². The second kappa shape index (κ2) is 7.29. The predicted molar refractivity (Wildman–Crippen MR) is 96.0 cm³/mol. The highest BCUT2D eigenvalue weighted by Gasteiger charge is 2.41. The van der Waals surface area contributed by atoms with Gasteiger partial charge in [0.05, 0.1) is 11.7 Å². The summed E-state index contributed by atoms with van der Waals surface area (Å²) in [5.41, 5.74) is -0.971. The molecule has 0 radical (unpaired) electrons. The van der Waals surface area contributed by atoms with Gasteiger partial charge < -0.3 is 9.47 Å². The zero-order chi connectivity index (χ0) is 20.6. The number of ether oxygens (including phenoxy) is 2. The van der Waals surface area contributed by atoms with E-state index in [-0.39, 0.29) is 17.2 Å². The molecule has 4 rings (SSSR count). The first-order valence-electron chi connectivity index (χ1n) is 9.20. The van der Waals surface area contributed by atoms with Crippen molar-refractivity contribution in [1.29, 1.82) is 0 Å². The third kappa shape index (κ3) is 3.66. The lowest BCUT2D eigenvalue weighted by Gasteiger charge is -2.39. The van der Waals surface area contributed by atoms with Crippen molar-refractivity contribution in [3.05, 3.63) is 59.8 Å². The molecule has 0 bridgehead atoms. The average molecular weight is 409 g/mol. The molecule has 5 nitrogen and oxygen atoms in total. The monoisotopic (exact) mass is 409 g/mol. The Morgan fingerprint density at radius 1 is 1.10 bits per heavy atom. The highest BCUT2D eigenvalue weighted by molar-refractivity contribution is 5.56. The summed E-state index contributed by atoms with van der Waals surface area (Å²) < 4.78 is 66.9. The summed E-state index contributed by atoms with van der Waals surface area (Å²) in [5, 5.41) is 7.13. The fourth-order valence-corrected chi connectivity index (χ4v) is 3.96. The van der Waals surface area contributed by atoms with Gasteiger partial charge in [0.25, 0.3) is 0 Å². The number of nitrogens with zero attached hydrogens (tertiary/aromatic N) is 3. The van der Waals surface area contributed by atoms with Crippen molar-refractivity contribution in [1.82, 2.24) is 14.6 Å². The summed E-state index contributed by atoms with van der Waals surface area (Å²) in [7, 11) is 1.59. The molecule has 0 spiro atoms. The number of rotatable bonds is 4. The smallest absolute Gasteiger partial charge is 0.423 e. The lowest BCUT2D eigenvalue weighted by molar-refractivity contribution is -0.138. The van der Waals surface area contributed by atoms with Crippen LogP contribution in [0, 0.1) is 5.82 Å². The number of fused-ring (bicyclic) bond motifs is 1. The van der Waals surface area contributed by atoms with Crippen molar-refractivity contribution in [2.75, 3.05) is 7.11 Å². The first-order valence-corrected chi connectivity index (χ1v) is 9.20. The van der Waals surface area contributed by atoms with E-state index in [9.17, 15) is 17.6 Å². The molecule has 0 aliphatic heterocycles. The van der Waals surface area contributed by atoms with Gasteiger partial charge in [0.15, 0.2) is 5.65 Å². The summed E-state index contributed by atoms with van der Waals surface area (Å²) in [5.74, 6) is -0.588. The van der Waals surface area contributed by atoms with Crippen LogP contribution < -0.4 is 4.74 Å². The first-order chi connectivity index (χ1) is 13.8. The van der Waals surface area contributed by atoms with E-state index >= 15 is 0 Å². The number of alkyl halides is 3. The van der Waals surface area contributed by atoms with E-state index < -0.39 is 23.4 Å². The summed E-state index contributed by atoms with van der Waals surface area (Å²) in [6, 6.07) is 7.41. The molecule has 29 heavy (non-hydrogen) atoms. The quantitative estimate of drug-likeness (QED) is 0.584. The Hall–Kier alpha value is -2.68. The number of methoxy groups -OCH3 is 1. The molecule has 0 unspecified atom stereocenters. The predicted octanol–water partition coefficient (Wildman–Crippen LogP) is 4.75. The summed E-state index contributed by atoms with van der Waals surface area (Å²) in [4.78, 5) is 0. The van der Waals surface area contributed by atoms with E-state index in [1.165, 1.54) is 35.1 Å². The fraction of sp³-hybridized carbons (Fsp3) is 0.400. The maximum Gasteiger partial charge on any atom is 0.423 e. The maximum atomic E-state index is 13.6. The van der Waals surface area contributed by atoms with Crippen LogP contribution in [0.15, 0.2) is 42.9 Å². The molecule has 1 aliphatic carbocycles. The van der Waals surface area contributed by atoms with Crippen LogP contribution in [-0.2, 0) is 16.5 Å². The lowest BCUT2D eigenvalue weighted by Crippen LogP contribution is -2.37. The Bertz CT molecular complexity index is 993. The number of pyridine rings is 1. The normalized spacial score (nSPS) is 22.7. The lowest BCUT2D eigenvalue weighted by atomic mass is 9.78. The van der Waals surface area contributed by atoms with Crippen LogP contribution >= 0.6 is 0 Å². The van der Waals surface area contributed by atoms with Crippen molar-refractivity contribution in [2.24, 2.45) is 0 Å². The fourth-order valence-electron chi connectivity index (χ4n) is 3.96. The van der Waals surface area contributed by atoms with Crippen molar-refractivity contribution >= 4 is 5.65 Å². The van der Waals surface area contributed by atoms with E-state index in [1.807, 2.05) is 0 Å². The van der Waals surface area contributed by atoms with Crippen molar-refractivity contribution in [3.63, 3.8) is 0 Å². The first kappa shape index (κ1) is 19.6. The molecule has 1 aromatic carbocycles. The van der Waals surface area contributed by atoms with Crippen LogP contribution in [0.25, 0.3) is 5.65 Å². The Kier molecular flexibility index (Phi) is 4.94. The van der Waals surface area contributed by atoms with E-state index in [2.05, 4.69) is 10.2 Å². The molecule has 0 saturated heterocycles. The Morgan fingerprint density at radius 2 is 1.79 bits per heavy atom. The molecular formula is C20H19F4N3O2. The number of halogens is 4. The Labute approximate surface area is 164 Å². The zero-order valence-electron chi connectivity index (χ0n) is 15.6. The molecule has 1 fully saturated rings. The molecule has 9 heteroatoms. The zero-order valence-corrected chi connectivity index (χ0v) is 15.6. The minimum Gasteiger partial charge on any atom is -0.490 e. The minimum absolute atomic E-state index is 0.255. The van der Waals surface area contributed by atoms with E-state index in [1.54, 1.807) is 19.2 Å². The molecule has 1 aliphatic rings. The van der Waals surface area contributed by atoms with Gasteiger partial charge in [0, 0.05) is 13.3 Å². The second-order valence-corrected chi connectivity index (χ2v) is 7.14. The molecule has 154 valence electrons. The van der Waals surface area contributed by atoms with Gasteiger partial charge in [-0.1, -0.05) is 12.1 Å². The molecule has 0 atom stereocenters. The van der Waals surface area contributed by atoms with Crippen LogP contribution in [0.5, 0.6) is 5.75 Å². The van der Waals surface area contributed by atoms with Gasteiger partial charge in [0.2, 0.25) is 0 Å². The summed E-state index contributed by atoms with van der Waals surface area (Å²) in [6.07, 6.45) is -0.260. The van der Waals surface area contributed by atoms with Crippen LogP contribution in [-0.4, -0.2) is 27.8 Å². The van der Waals surface area contributed by atoms with Gasteiger partial charge in [-0.15, -0.1) is 10.2 Å². The number of hydrogen-bond acceptors (Lipinski definition) is 4. The molecule has 0 amide bonds. The van der Waals surface area contributed by atoms with Gasteiger partial charge in [-0.25, -0.2) is 4.39 Å². The third-order valence-electron chi connectivity index (χ3n) is 5.51. The van der Waals surface area contributed by atoms with Crippen LogP contribution in [0.2, 0.25) is 0 Å². The second-order valence-electron chi connectivity index (χ2n) is 7.14. The van der Waals surface area contributed by atoms with Gasteiger partial charge in [0.1, 0.15) is 23.5 Å². The van der Waals surface area contributed by atoms with Gasteiger partial charge in [-0.05, 0) is 49.4 Å². The Balaban J connectivity index is 1.55. The van der Waals surface area contributed by atoms with Gasteiger partial charge in [-0.2, -0.15) is 13.2 Å². The molecule has 2 aromatic heterocycles. The Morgan fingerprint density at radius 3 is 2.41 bits per heavy atom. The highest BCUT2D eigenvalue weighted by atomic mass is 19.4. The van der Waals surface area contributed by atoms with Crippen molar-refractivity contribution in [2.45, 2.75) is 43.6 Å². The summed E-state index contributed by atoms with van der Waals surface area (Å²) in [6.45, 7) is 0. The summed E-state index contributed by atoms with van der Waals surface area (Å²) >= 11 is 0. The highest BCUT2D eigenvalue weighted by Crippen LogP contribution is 2.43. The molecule has 0 N–H and O–H groups in total. The molecular weight excluding hydrogens is 390 g/mol. The topological polar surface area (TPSA) is 48.7 Å². The number of aromatic nitrogens is 3. The van der Waals surface area contributed by atoms with Gasteiger partial charge >= 0.3 is 6.18 Å². The van der Waals surface area contributed by atoms with Crippen LogP contribution in [0.4, 0.5) is 17.6 Å². The molecule has 1 saturated carbocycles. The van der Waals surface area contributed by atoms with Crippen LogP contribution in [0.1, 0.15) is 36.8 Å². The van der Waals surface area contributed by atoms with E-state index in [0.717, 1.165) is 5.56 Å². The average Bonchev–Trinajstić information content (AvgIpc) is 3.17. The third-order valence-corrected chi connectivity index (χ3v) is 5.51. The standard InChI is InChI=1S/C20H19F4N3O2/c1-28-19(13-2-4-14(21)5-3-13)9-6-15(7-10-19)29-16-8-11-27-12-25-26-18(27)17(16)20(22,23)24/h2-5,8,11-12,15H,6-7,9-10H2,1H3. The number of hydrogen-bond donors (Lipinski definition) is 0. The molecule has 2 heterocycles. The SMILES string of the molecule is COC1(c2ccc(F)cc2)CCC(Oc2ccn3cnnc3c2C(F)(F)F)CC1. The molecule has 3 aromatic rings.